The SMILES string of the molecule is COc1ccc(-c2noc(CN3CCc4cc([N+](=O)[O-])ccc43)n2)c(OC)c1. The van der Waals surface area contributed by atoms with Gasteiger partial charge in [0.2, 0.25) is 11.7 Å². The van der Waals surface area contributed by atoms with E-state index in [0.29, 0.717) is 35.3 Å². The zero-order valence-electron chi connectivity index (χ0n) is 15.4. The van der Waals surface area contributed by atoms with E-state index in [0.717, 1.165) is 24.2 Å². The largest absolute Gasteiger partial charge is 0.497 e. The maximum atomic E-state index is 10.9. The smallest absolute Gasteiger partial charge is 0.269 e. The van der Waals surface area contributed by atoms with Crippen LogP contribution in [0.25, 0.3) is 11.4 Å². The van der Waals surface area contributed by atoms with E-state index in [1.807, 2.05) is 6.07 Å². The summed E-state index contributed by atoms with van der Waals surface area (Å²) in [5, 5.41) is 15.0. The molecule has 0 amide bonds. The van der Waals surface area contributed by atoms with Crippen LogP contribution in [0.15, 0.2) is 40.9 Å². The Balaban J connectivity index is 1.55. The van der Waals surface area contributed by atoms with Crippen molar-refractivity contribution in [2.45, 2.75) is 13.0 Å². The third-order valence-corrected chi connectivity index (χ3v) is 4.71. The van der Waals surface area contributed by atoms with Gasteiger partial charge in [-0.05, 0) is 30.2 Å². The van der Waals surface area contributed by atoms with E-state index in [9.17, 15) is 10.1 Å². The highest BCUT2D eigenvalue weighted by atomic mass is 16.6. The maximum Gasteiger partial charge on any atom is 0.269 e. The molecule has 0 spiro atoms. The number of non-ortho nitro benzene ring substituents is 1. The Morgan fingerprint density at radius 2 is 2.07 bits per heavy atom. The molecule has 0 atom stereocenters. The molecule has 1 aliphatic heterocycles. The number of benzene rings is 2. The van der Waals surface area contributed by atoms with Crippen LogP contribution in [-0.2, 0) is 13.0 Å². The summed E-state index contributed by atoms with van der Waals surface area (Å²) >= 11 is 0. The second kappa shape index (κ2) is 7.18. The number of methoxy groups -OCH3 is 2. The molecule has 0 saturated carbocycles. The minimum Gasteiger partial charge on any atom is -0.497 e. The number of ether oxygens (including phenoxy) is 2. The molecule has 1 aliphatic rings. The number of hydrogen-bond acceptors (Lipinski definition) is 8. The van der Waals surface area contributed by atoms with Gasteiger partial charge in [-0.1, -0.05) is 5.16 Å². The van der Waals surface area contributed by atoms with Crippen LogP contribution in [0.3, 0.4) is 0 Å². The van der Waals surface area contributed by atoms with Crippen molar-refractivity contribution in [1.82, 2.24) is 10.1 Å². The van der Waals surface area contributed by atoms with Crippen molar-refractivity contribution in [2.75, 3.05) is 25.7 Å². The highest BCUT2D eigenvalue weighted by Gasteiger charge is 2.24. The van der Waals surface area contributed by atoms with Crippen LogP contribution < -0.4 is 14.4 Å². The topological polar surface area (TPSA) is 104 Å². The van der Waals surface area contributed by atoms with Crippen molar-refractivity contribution in [3.63, 3.8) is 0 Å². The summed E-state index contributed by atoms with van der Waals surface area (Å²) in [5.74, 6) is 2.15. The second-order valence-corrected chi connectivity index (χ2v) is 6.32. The van der Waals surface area contributed by atoms with E-state index in [4.69, 9.17) is 14.0 Å². The Hall–Kier alpha value is -3.62. The number of nitro benzene ring substituents is 1. The van der Waals surface area contributed by atoms with Crippen molar-refractivity contribution in [3.8, 4) is 22.9 Å². The quantitative estimate of drug-likeness (QED) is 0.473. The predicted molar refractivity (Wildman–Crippen MR) is 101 cm³/mol. The number of aromatic nitrogens is 2. The molecule has 1 aromatic heterocycles. The molecule has 0 saturated heterocycles. The molecule has 0 N–H and O–H groups in total. The van der Waals surface area contributed by atoms with E-state index in [2.05, 4.69) is 15.0 Å². The first-order valence-corrected chi connectivity index (χ1v) is 8.66. The fourth-order valence-corrected chi connectivity index (χ4v) is 3.31. The van der Waals surface area contributed by atoms with Crippen LogP contribution in [0.4, 0.5) is 11.4 Å². The molecular weight excluding hydrogens is 364 g/mol. The lowest BCUT2D eigenvalue weighted by molar-refractivity contribution is -0.384. The molecule has 3 aromatic rings. The highest BCUT2D eigenvalue weighted by molar-refractivity contribution is 5.65. The van der Waals surface area contributed by atoms with E-state index in [-0.39, 0.29) is 10.6 Å². The summed E-state index contributed by atoms with van der Waals surface area (Å²) in [6.07, 6.45) is 0.740. The van der Waals surface area contributed by atoms with Gasteiger partial charge in [0.05, 0.1) is 31.3 Å². The summed E-state index contributed by atoms with van der Waals surface area (Å²) in [4.78, 5) is 17.1. The van der Waals surface area contributed by atoms with Gasteiger partial charge >= 0.3 is 0 Å². The fraction of sp³-hybridized carbons (Fsp3) is 0.263. The standard InChI is InChI=1S/C19H18N4O5/c1-26-14-4-5-15(17(10-14)27-2)19-20-18(28-21-19)11-22-8-7-12-9-13(23(24)25)3-6-16(12)22/h3-6,9-10H,7-8,11H2,1-2H3. The lowest BCUT2D eigenvalue weighted by Gasteiger charge is -2.16. The van der Waals surface area contributed by atoms with Gasteiger partial charge in [-0.3, -0.25) is 10.1 Å². The third-order valence-electron chi connectivity index (χ3n) is 4.71. The number of fused-ring (bicyclic) bond motifs is 1. The Labute approximate surface area is 160 Å². The highest BCUT2D eigenvalue weighted by Crippen LogP contribution is 2.34. The Morgan fingerprint density at radius 3 is 2.82 bits per heavy atom. The molecule has 144 valence electrons. The van der Waals surface area contributed by atoms with Crippen LogP contribution in [0, 0.1) is 10.1 Å². The number of hydrogen-bond donors (Lipinski definition) is 0. The molecule has 0 aliphatic carbocycles. The minimum atomic E-state index is -0.380. The average Bonchev–Trinajstić information content (AvgIpc) is 3.34. The Morgan fingerprint density at radius 1 is 1.21 bits per heavy atom. The predicted octanol–water partition coefficient (Wildman–Crippen LogP) is 3.22. The third kappa shape index (κ3) is 3.22. The summed E-state index contributed by atoms with van der Waals surface area (Å²) in [6.45, 7) is 1.16. The summed E-state index contributed by atoms with van der Waals surface area (Å²) < 4.78 is 16.0. The molecule has 2 aromatic carbocycles. The first kappa shape index (κ1) is 17.8. The van der Waals surface area contributed by atoms with Gasteiger partial charge in [0.1, 0.15) is 11.5 Å². The van der Waals surface area contributed by atoms with Crippen molar-refractivity contribution >= 4 is 11.4 Å². The van der Waals surface area contributed by atoms with Gasteiger partial charge in [-0.25, -0.2) is 0 Å². The van der Waals surface area contributed by atoms with E-state index in [1.54, 1.807) is 38.5 Å². The van der Waals surface area contributed by atoms with E-state index < -0.39 is 0 Å². The molecule has 2 heterocycles. The number of anilines is 1. The van der Waals surface area contributed by atoms with Crippen LogP contribution in [0.2, 0.25) is 0 Å². The van der Waals surface area contributed by atoms with Crippen LogP contribution in [-0.4, -0.2) is 35.8 Å². The monoisotopic (exact) mass is 382 g/mol. The van der Waals surface area contributed by atoms with Gasteiger partial charge in [-0.2, -0.15) is 4.98 Å². The Kier molecular flexibility index (Phi) is 4.56. The lowest BCUT2D eigenvalue weighted by Crippen LogP contribution is -2.19. The maximum absolute atomic E-state index is 10.9. The summed E-state index contributed by atoms with van der Waals surface area (Å²) in [5.41, 5.74) is 2.71. The van der Waals surface area contributed by atoms with Crippen molar-refractivity contribution in [2.24, 2.45) is 0 Å². The zero-order valence-corrected chi connectivity index (χ0v) is 15.4. The molecule has 0 unspecified atom stereocenters. The molecule has 0 fully saturated rings. The zero-order chi connectivity index (χ0) is 19.7. The lowest BCUT2D eigenvalue weighted by atomic mass is 10.1. The van der Waals surface area contributed by atoms with Gasteiger partial charge in [-0.15, -0.1) is 0 Å². The first-order chi connectivity index (χ1) is 13.6. The molecule has 0 radical (unpaired) electrons. The van der Waals surface area contributed by atoms with Crippen molar-refractivity contribution < 1.29 is 18.9 Å². The molecule has 28 heavy (non-hydrogen) atoms. The molecule has 0 bridgehead atoms. The van der Waals surface area contributed by atoms with Crippen LogP contribution >= 0.6 is 0 Å². The normalized spacial score (nSPS) is 12.7. The summed E-state index contributed by atoms with van der Waals surface area (Å²) in [6, 6.07) is 10.3. The molecular formula is C19H18N4O5. The van der Waals surface area contributed by atoms with Crippen LogP contribution in [0.5, 0.6) is 11.5 Å². The van der Waals surface area contributed by atoms with Crippen molar-refractivity contribution in [1.29, 1.82) is 0 Å². The molecule has 4 rings (SSSR count). The number of rotatable bonds is 6. The van der Waals surface area contributed by atoms with Gasteiger partial charge in [0.25, 0.3) is 5.69 Å². The van der Waals surface area contributed by atoms with Gasteiger partial charge in [0, 0.05) is 30.4 Å². The van der Waals surface area contributed by atoms with Gasteiger partial charge in [0.15, 0.2) is 0 Å². The van der Waals surface area contributed by atoms with Gasteiger partial charge < -0.3 is 18.9 Å². The average molecular weight is 382 g/mol. The number of nitro groups is 1. The Bertz CT molecular complexity index is 1030. The summed E-state index contributed by atoms with van der Waals surface area (Å²) in [7, 11) is 3.16. The van der Waals surface area contributed by atoms with E-state index >= 15 is 0 Å². The minimum absolute atomic E-state index is 0.104. The first-order valence-electron chi connectivity index (χ1n) is 8.66. The molecule has 9 nitrogen and oxygen atoms in total. The number of nitrogens with zero attached hydrogens (tertiary/aromatic N) is 4. The fourth-order valence-electron chi connectivity index (χ4n) is 3.31. The second-order valence-electron chi connectivity index (χ2n) is 6.32. The van der Waals surface area contributed by atoms with Crippen LogP contribution in [0.1, 0.15) is 11.5 Å². The van der Waals surface area contributed by atoms with E-state index in [1.165, 1.54) is 6.07 Å². The molecule has 9 heteroatoms. The van der Waals surface area contributed by atoms with Crippen molar-refractivity contribution in [3.05, 3.63) is 58.0 Å².